The van der Waals surface area contributed by atoms with E-state index in [1.165, 1.54) is 55.0 Å². The number of hydrogen-bond acceptors (Lipinski definition) is 1. The van der Waals surface area contributed by atoms with Crippen molar-refractivity contribution in [3.63, 3.8) is 0 Å². The average Bonchev–Trinajstić information content (AvgIpc) is 2.86. The molecule has 2 aromatic rings. The minimum Gasteiger partial charge on any atom is -0.347 e. The largest absolute Gasteiger partial charge is 0.347 e. The van der Waals surface area contributed by atoms with Gasteiger partial charge in [-0.25, -0.2) is 0 Å². The van der Waals surface area contributed by atoms with Crippen LogP contribution in [-0.4, -0.2) is 17.7 Å². The fourth-order valence-electron chi connectivity index (χ4n) is 2.94. The standard InChI is InChI=1S/C19H30N2/c1-3-5-8-15-21-16-17(10-9-14-20-13-4-2)18-11-6-7-12-19(18)21/h6-7,11-12,16,20H,3-5,8-10,13-15H2,1-2H3. The average molecular weight is 286 g/mol. The van der Waals surface area contributed by atoms with Crippen LogP contribution in [0, 0.1) is 0 Å². The van der Waals surface area contributed by atoms with Crippen LogP contribution in [0.1, 0.15) is 51.5 Å². The fourth-order valence-corrected chi connectivity index (χ4v) is 2.94. The maximum Gasteiger partial charge on any atom is 0.0483 e. The number of aryl methyl sites for hydroxylation is 2. The minimum absolute atomic E-state index is 1.13. The van der Waals surface area contributed by atoms with Gasteiger partial charge in [-0.1, -0.05) is 44.9 Å². The van der Waals surface area contributed by atoms with Gasteiger partial charge in [0.2, 0.25) is 0 Å². The molecule has 0 fully saturated rings. The van der Waals surface area contributed by atoms with E-state index in [0.717, 1.165) is 19.6 Å². The van der Waals surface area contributed by atoms with E-state index in [-0.39, 0.29) is 0 Å². The summed E-state index contributed by atoms with van der Waals surface area (Å²) in [5.41, 5.74) is 2.92. The smallest absolute Gasteiger partial charge is 0.0483 e. The van der Waals surface area contributed by atoms with Gasteiger partial charge in [0, 0.05) is 23.6 Å². The lowest BCUT2D eigenvalue weighted by molar-refractivity contribution is 0.612. The van der Waals surface area contributed by atoms with Crippen molar-refractivity contribution in [1.29, 1.82) is 0 Å². The van der Waals surface area contributed by atoms with Gasteiger partial charge in [-0.05, 0) is 50.4 Å². The number of para-hydroxylation sites is 1. The Morgan fingerprint density at radius 3 is 2.62 bits per heavy atom. The van der Waals surface area contributed by atoms with E-state index in [9.17, 15) is 0 Å². The van der Waals surface area contributed by atoms with Crippen LogP contribution >= 0.6 is 0 Å². The van der Waals surface area contributed by atoms with Gasteiger partial charge in [0.1, 0.15) is 0 Å². The molecule has 0 unspecified atom stereocenters. The summed E-state index contributed by atoms with van der Waals surface area (Å²) < 4.78 is 2.46. The lowest BCUT2D eigenvalue weighted by Crippen LogP contribution is -2.16. The molecule has 2 heteroatoms. The monoisotopic (exact) mass is 286 g/mol. The van der Waals surface area contributed by atoms with Crippen LogP contribution in [0.25, 0.3) is 10.9 Å². The molecule has 0 bridgehead atoms. The Kier molecular flexibility index (Phi) is 6.81. The van der Waals surface area contributed by atoms with Crippen LogP contribution in [0.2, 0.25) is 0 Å². The molecule has 2 nitrogen and oxygen atoms in total. The van der Waals surface area contributed by atoms with Gasteiger partial charge in [-0.2, -0.15) is 0 Å². The van der Waals surface area contributed by atoms with Gasteiger partial charge < -0.3 is 9.88 Å². The molecule has 0 aliphatic rings. The molecule has 1 aromatic heterocycles. The number of hydrogen-bond donors (Lipinski definition) is 1. The highest BCUT2D eigenvalue weighted by Gasteiger charge is 2.07. The summed E-state index contributed by atoms with van der Waals surface area (Å²) in [6, 6.07) is 8.86. The van der Waals surface area contributed by atoms with Crippen molar-refractivity contribution in [2.75, 3.05) is 13.1 Å². The summed E-state index contributed by atoms with van der Waals surface area (Å²) in [5, 5.41) is 4.94. The first-order valence-corrected chi connectivity index (χ1v) is 8.64. The van der Waals surface area contributed by atoms with Crippen LogP contribution in [0.15, 0.2) is 30.5 Å². The molecule has 0 saturated carbocycles. The summed E-state index contributed by atoms with van der Waals surface area (Å²) in [6.07, 6.45) is 9.91. The molecule has 1 aromatic carbocycles. The summed E-state index contributed by atoms with van der Waals surface area (Å²) in [6.45, 7) is 7.91. The van der Waals surface area contributed by atoms with Crippen molar-refractivity contribution < 1.29 is 0 Å². The minimum atomic E-state index is 1.13. The zero-order valence-electron chi connectivity index (χ0n) is 13.7. The van der Waals surface area contributed by atoms with Crippen LogP contribution in [0.4, 0.5) is 0 Å². The van der Waals surface area contributed by atoms with E-state index in [1.807, 2.05) is 0 Å². The Morgan fingerprint density at radius 2 is 1.81 bits per heavy atom. The Morgan fingerprint density at radius 1 is 0.952 bits per heavy atom. The van der Waals surface area contributed by atoms with E-state index >= 15 is 0 Å². The van der Waals surface area contributed by atoms with Crippen molar-refractivity contribution >= 4 is 10.9 Å². The molecule has 0 aliphatic heterocycles. The van der Waals surface area contributed by atoms with Crippen molar-refractivity contribution in [3.05, 3.63) is 36.0 Å². The van der Waals surface area contributed by atoms with Gasteiger partial charge in [0.25, 0.3) is 0 Å². The van der Waals surface area contributed by atoms with E-state index in [1.54, 1.807) is 0 Å². The number of aromatic nitrogens is 1. The van der Waals surface area contributed by atoms with Crippen LogP contribution in [0.3, 0.4) is 0 Å². The van der Waals surface area contributed by atoms with Gasteiger partial charge in [0.05, 0.1) is 0 Å². The predicted molar refractivity (Wildman–Crippen MR) is 92.9 cm³/mol. The first-order valence-electron chi connectivity index (χ1n) is 8.64. The molecular weight excluding hydrogens is 256 g/mol. The highest BCUT2D eigenvalue weighted by atomic mass is 15.0. The number of unbranched alkanes of at least 4 members (excludes halogenated alkanes) is 2. The Balaban J connectivity index is 2.01. The van der Waals surface area contributed by atoms with Crippen LogP contribution < -0.4 is 5.32 Å². The first kappa shape index (κ1) is 16.1. The summed E-state index contributed by atoms with van der Waals surface area (Å²) in [7, 11) is 0. The second-order valence-electron chi connectivity index (χ2n) is 5.93. The second kappa shape index (κ2) is 8.89. The van der Waals surface area contributed by atoms with Crippen molar-refractivity contribution in [2.45, 2.75) is 58.9 Å². The summed E-state index contributed by atoms with van der Waals surface area (Å²) >= 11 is 0. The molecule has 0 radical (unpaired) electrons. The lowest BCUT2D eigenvalue weighted by atomic mass is 10.1. The van der Waals surface area contributed by atoms with Gasteiger partial charge >= 0.3 is 0 Å². The van der Waals surface area contributed by atoms with E-state index in [4.69, 9.17) is 0 Å². The summed E-state index contributed by atoms with van der Waals surface area (Å²) in [5.74, 6) is 0. The summed E-state index contributed by atoms with van der Waals surface area (Å²) in [4.78, 5) is 0. The molecular formula is C19H30N2. The number of nitrogens with zero attached hydrogens (tertiary/aromatic N) is 1. The quantitative estimate of drug-likeness (QED) is 0.623. The Labute approximate surface area is 129 Å². The third kappa shape index (κ3) is 4.60. The number of rotatable bonds is 10. The molecule has 1 N–H and O–H groups in total. The molecule has 0 aliphatic carbocycles. The number of nitrogens with one attached hydrogen (secondary N) is 1. The highest BCUT2D eigenvalue weighted by molar-refractivity contribution is 5.83. The van der Waals surface area contributed by atoms with E-state index < -0.39 is 0 Å². The molecule has 21 heavy (non-hydrogen) atoms. The molecule has 0 amide bonds. The van der Waals surface area contributed by atoms with Gasteiger partial charge in [-0.15, -0.1) is 0 Å². The van der Waals surface area contributed by atoms with Crippen LogP contribution in [0.5, 0.6) is 0 Å². The third-order valence-electron chi connectivity index (χ3n) is 4.10. The molecule has 1 heterocycles. The molecule has 2 rings (SSSR count). The third-order valence-corrected chi connectivity index (χ3v) is 4.10. The van der Waals surface area contributed by atoms with Gasteiger partial charge in [0.15, 0.2) is 0 Å². The lowest BCUT2D eigenvalue weighted by Gasteiger charge is -2.03. The molecule has 0 saturated heterocycles. The first-order chi connectivity index (χ1) is 10.4. The van der Waals surface area contributed by atoms with Crippen LogP contribution in [-0.2, 0) is 13.0 Å². The van der Waals surface area contributed by atoms with Crippen molar-refractivity contribution in [3.8, 4) is 0 Å². The SMILES string of the molecule is CCCCCn1cc(CCCNCCC)c2ccccc21. The number of benzene rings is 1. The van der Waals surface area contributed by atoms with Crippen molar-refractivity contribution in [1.82, 2.24) is 9.88 Å². The maximum atomic E-state index is 3.50. The van der Waals surface area contributed by atoms with E-state index in [2.05, 4.69) is 54.2 Å². The normalized spacial score (nSPS) is 11.3. The fraction of sp³-hybridized carbons (Fsp3) is 0.579. The number of fused-ring (bicyclic) bond motifs is 1. The molecule has 0 atom stereocenters. The van der Waals surface area contributed by atoms with Gasteiger partial charge in [-0.3, -0.25) is 0 Å². The zero-order chi connectivity index (χ0) is 14.9. The van der Waals surface area contributed by atoms with Crippen molar-refractivity contribution in [2.24, 2.45) is 0 Å². The molecule has 0 spiro atoms. The second-order valence-corrected chi connectivity index (χ2v) is 5.93. The highest BCUT2D eigenvalue weighted by Crippen LogP contribution is 2.23. The topological polar surface area (TPSA) is 17.0 Å². The zero-order valence-corrected chi connectivity index (χ0v) is 13.7. The Hall–Kier alpha value is -1.28. The predicted octanol–water partition coefficient (Wildman–Crippen LogP) is 4.76. The maximum absolute atomic E-state index is 3.50. The Bertz CT molecular complexity index is 527. The molecule has 116 valence electrons. The van der Waals surface area contributed by atoms with E-state index in [0.29, 0.717) is 0 Å².